The molecule has 0 spiro atoms. The number of hydrogen-bond acceptors (Lipinski definition) is 9. The summed E-state index contributed by atoms with van der Waals surface area (Å²) in [6.45, 7) is 5.76. The zero-order chi connectivity index (χ0) is 23.2. The van der Waals surface area contributed by atoms with Gasteiger partial charge in [-0.25, -0.2) is 4.39 Å². The average Bonchev–Trinajstić information content (AvgIpc) is 3.44. The Balaban J connectivity index is 1.48. The Morgan fingerprint density at radius 3 is 2.52 bits per heavy atom. The first-order valence-electron chi connectivity index (χ1n) is 11.8. The minimum absolute atomic E-state index is 0.178. The van der Waals surface area contributed by atoms with E-state index in [1.165, 1.54) is 19.6 Å². The van der Waals surface area contributed by atoms with Crippen LogP contribution in [0.15, 0.2) is 18.2 Å². The van der Waals surface area contributed by atoms with E-state index in [-0.39, 0.29) is 11.9 Å². The summed E-state index contributed by atoms with van der Waals surface area (Å²) in [5, 5.41) is 19.5. The van der Waals surface area contributed by atoms with E-state index in [0.29, 0.717) is 42.0 Å². The predicted molar refractivity (Wildman–Crippen MR) is 127 cm³/mol. The van der Waals surface area contributed by atoms with E-state index in [1.54, 1.807) is 12.1 Å². The van der Waals surface area contributed by atoms with Crippen molar-refractivity contribution in [2.45, 2.75) is 51.2 Å². The molecular weight excluding hydrogens is 425 g/mol. The highest BCUT2D eigenvalue weighted by molar-refractivity contribution is 5.57. The molecule has 33 heavy (non-hydrogen) atoms. The van der Waals surface area contributed by atoms with Gasteiger partial charge in [-0.1, -0.05) is 6.92 Å². The van der Waals surface area contributed by atoms with Gasteiger partial charge in [0.25, 0.3) is 0 Å². The number of methoxy groups -OCH3 is 1. The predicted octanol–water partition coefficient (Wildman–Crippen LogP) is 3.23. The quantitative estimate of drug-likeness (QED) is 0.426. The highest BCUT2D eigenvalue weighted by Crippen LogP contribution is 2.26. The second-order valence-electron chi connectivity index (χ2n) is 8.80. The van der Waals surface area contributed by atoms with Gasteiger partial charge in [-0.3, -0.25) is 4.90 Å². The first-order valence-corrected chi connectivity index (χ1v) is 11.8. The minimum atomic E-state index is -0.464. The number of aliphatic hydroxyl groups excluding tert-OH is 1. The summed E-state index contributed by atoms with van der Waals surface area (Å²) < 4.78 is 19.1. The van der Waals surface area contributed by atoms with Gasteiger partial charge in [0.05, 0.1) is 13.2 Å². The van der Waals surface area contributed by atoms with Crippen LogP contribution in [0.25, 0.3) is 0 Å². The number of hydrogen-bond donors (Lipinski definition) is 4. The Labute approximate surface area is 194 Å². The lowest BCUT2D eigenvalue weighted by atomic mass is 10.1. The summed E-state index contributed by atoms with van der Waals surface area (Å²) in [6, 6.07) is 5.07. The van der Waals surface area contributed by atoms with Gasteiger partial charge in [0, 0.05) is 30.9 Å². The SMILES string of the molecule is CCN1CCCC1CNc1nc(NCC2CCC(O)C2)nc(Nc2ccc(OC)c(F)c2)n1. The fraction of sp³-hybridized carbons (Fsp3) is 0.609. The molecule has 2 aliphatic rings. The molecule has 1 aliphatic carbocycles. The van der Waals surface area contributed by atoms with Crippen LogP contribution in [0, 0.1) is 11.7 Å². The molecule has 2 aromatic rings. The highest BCUT2D eigenvalue weighted by atomic mass is 19.1. The van der Waals surface area contributed by atoms with Gasteiger partial charge in [-0.2, -0.15) is 15.0 Å². The second kappa shape index (κ2) is 10.9. The zero-order valence-corrected chi connectivity index (χ0v) is 19.4. The number of likely N-dealkylation sites (N-methyl/N-ethyl adjacent to an activating group) is 1. The number of ether oxygens (including phenoxy) is 1. The molecule has 1 aromatic carbocycles. The van der Waals surface area contributed by atoms with Crippen LogP contribution < -0.4 is 20.7 Å². The van der Waals surface area contributed by atoms with Crippen molar-refractivity contribution < 1.29 is 14.2 Å². The van der Waals surface area contributed by atoms with Gasteiger partial charge in [0.2, 0.25) is 17.8 Å². The van der Waals surface area contributed by atoms with Crippen molar-refractivity contribution in [3.05, 3.63) is 24.0 Å². The fourth-order valence-corrected chi connectivity index (χ4v) is 4.68. The molecule has 10 heteroatoms. The van der Waals surface area contributed by atoms with E-state index in [0.717, 1.165) is 45.3 Å². The molecule has 9 nitrogen and oxygen atoms in total. The van der Waals surface area contributed by atoms with Crippen molar-refractivity contribution in [2.24, 2.45) is 5.92 Å². The van der Waals surface area contributed by atoms with Gasteiger partial charge in [0.15, 0.2) is 11.6 Å². The van der Waals surface area contributed by atoms with Gasteiger partial charge in [-0.05, 0) is 63.2 Å². The van der Waals surface area contributed by atoms with Crippen molar-refractivity contribution in [3.8, 4) is 5.75 Å². The Morgan fingerprint density at radius 2 is 1.85 bits per heavy atom. The first-order chi connectivity index (χ1) is 16.0. The maximum absolute atomic E-state index is 14.1. The number of rotatable bonds is 10. The first kappa shape index (κ1) is 23.4. The number of likely N-dealkylation sites (tertiary alicyclic amines) is 1. The molecule has 2 heterocycles. The van der Waals surface area contributed by atoms with Crippen LogP contribution >= 0.6 is 0 Å². The Bertz CT molecular complexity index is 932. The van der Waals surface area contributed by atoms with Crippen molar-refractivity contribution in [3.63, 3.8) is 0 Å². The smallest absolute Gasteiger partial charge is 0.233 e. The summed E-state index contributed by atoms with van der Waals surface area (Å²) >= 11 is 0. The molecule has 3 atom stereocenters. The molecule has 4 N–H and O–H groups in total. The highest BCUT2D eigenvalue weighted by Gasteiger charge is 2.24. The van der Waals surface area contributed by atoms with Crippen molar-refractivity contribution in [1.29, 1.82) is 0 Å². The number of aliphatic hydroxyl groups is 1. The van der Waals surface area contributed by atoms with Gasteiger partial charge in [0.1, 0.15) is 0 Å². The summed E-state index contributed by atoms with van der Waals surface area (Å²) in [5.41, 5.74) is 0.517. The van der Waals surface area contributed by atoms with Crippen LogP contribution in [-0.4, -0.2) is 70.4 Å². The third-order valence-electron chi connectivity index (χ3n) is 6.51. The largest absolute Gasteiger partial charge is 0.494 e. The number of nitrogens with one attached hydrogen (secondary N) is 3. The maximum Gasteiger partial charge on any atom is 0.233 e. The van der Waals surface area contributed by atoms with Crippen LogP contribution in [0.4, 0.5) is 27.9 Å². The molecule has 1 saturated carbocycles. The summed E-state index contributed by atoms with van der Waals surface area (Å²) in [5.74, 6) is 1.34. The number of nitrogens with zero attached hydrogens (tertiary/aromatic N) is 4. The van der Waals surface area contributed by atoms with Crippen molar-refractivity contribution >= 4 is 23.5 Å². The third kappa shape index (κ3) is 6.20. The Morgan fingerprint density at radius 1 is 1.09 bits per heavy atom. The van der Waals surface area contributed by atoms with E-state index in [4.69, 9.17) is 4.74 Å². The molecule has 0 radical (unpaired) electrons. The van der Waals surface area contributed by atoms with Crippen LogP contribution in [0.5, 0.6) is 5.75 Å². The second-order valence-corrected chi connectivity index (χ2v) is 8.80. The number of halogens is 1. The van der Waals surface area contributed by atoms with E-state index < -0.39 is 5.82 Å². The van der Waals surface area contributed by atoms with Gasteiger partial charge >= 0.3 is 0 Å². The van der Waals surface area contributed by atoms with E-state index >= 15 is 0 Å². The molecule has 180 valence electrons. The maximum atomic E-state index is 14.1. The number of aromatic nitrogens is 3. The molecule has 4 rings (SSSR count). The Kier molecular flexibility index (Phi) is 7.77. The van der Waals surface area contributed by atoms with Crippen molar-refractivity contribution in [2.75, 3.05) is 49.2 Å². The standard InChI is InChI=1S/C23H34FN7O2/c1-3-31-10-4-5-17(31)14-26-22-28-21(25-13-15-6-8-18(32)11-15)29-23(30-22)27-16-7-9-20(33-2)19(24)12-16/h7,9,12,15,17-18,32H,3-6,8,10-11,13-14H2,1-2H3,(H3,25,26,27,28,29,30). The lowest BCUT2D eigenvalue weighted by molar-refractivity contribution is 0.178. The monoisotopic (exact) mass is 459 g/mol. The van der Waals surface area contributed by atoms with E-state index in [2.05, 4.69) is 42.7 Å². The van der Waals surface area contributed by atoms with Gasteiger partial charge in [-0.15, -0.1) is 0 Å². The average molecular weight is 460 g/mol. The molecule has 0 amide bonds. The summed E-state index contributed by atoms with van der Waals surface area (Å²) in [4.78, 5) is 16.0. The number of benzene rings is 1. The number of anilines is 4. The molecule has 2 fully saturated rings. The molecule has 3 unspecified atom stereocenters. The van der Waals surface area contributed by atoms with Crippen molar-refractivity contribution in [1.82, 2.24) is 19.9 Å². The lowest BCUT2D eigenvalue weighted by Crippen LogP contribution is -2.35. The summed E-state index contributed by atoms with van der Waals surface area (Å²) in [6.07, 6.45) is 4.73. The minimum Gasteiger partial charge on any atom is -0.494 e. The normalized spacial score (nSPS) is 23.0. The molecule has 1 aliphatic heterocycles. The molecule has 0 bridgehead atoms. The van der Waals surface area contributed by atoms with E-state index in [1.807, 2.05) is 0 Å². The fourth-order valence-electron chi connectivity index (χ4n) is 4.68. The van der Waals surface area contributed by atoms with Crippen LogP contribution in [-0.2, 0) is 0 Å². The van der Waals surface area contributed by atoms with Gasteiger partial charge < -0.3 is 25.8 Å². The molecule has 1 saturated heterocycles. The third-order valence-corrected chi connectivity index (χ3v) is 6.51. The van der Waals surface area contributed by atoms with Crippen LogP contribution in [0.3, 0.4) is 0 Å². The van der Waals surface area contributed by atoms with Crippen LogP contribution in [0.2, 0.25) is 0 Å². The lowest BCUT2D eigenvalue weighted by Gasteiger charge is -2.23. The summed E-state index contributed by atoms with van der Waals surface area (Å²) in [7, 11) is 1.43. The zero-order valence-electron chi connectivity index (χ0n) is 19.4. The topological polar surface area (TPSA) is 107 Å². The van der Waals surface area contributed by atoms with Crippen LogP contribution in [0.1, 0.15) is 39.0 Å². The Hall–Kier alpha value is -2.72. The van der Waals surface area contributed by atoms with E-state index in [9.17, 15) is 9.50 Å². The molecule has 1 aromatic heterocycles. The molecular formula is C23H34FN7O2.